The van der Waals surface area contributed by atoms with Crippen molar-refractivity contribution >= 4 is 5.91 Å². The summed E-state index contributed by atoms with van der Waals surface area (Å²) >= 11 is 0. The van der Waals surface area contributed by atoms with E-state index in [-0.39, 0.29) is 23.6 Å². The molecule has 1 saturated carbocycles. The second-order valence-corrected chi connectivity index (χ2v) is 6.86. The largest absolute Gasteiger partial charge is 0.454 e. The molecule has 1 aliphatic rings. The van der Waals surface area contributed by atoms with E-state index in [1.807, 2.05) is 25.1 Å². The molecule has 0 saturated heterocycles. The average Bonchev–Trinajstić information content (AvgIpc) is 3.43. The molecule has 132 valence electrons. The van der Waals surface area contributed by atoms with Crippen LogP contribution in [-0.2, 0) is 4.79 Å². The Morgan fingerprint density at radius 2 is 1.96 bits per heavy atom. The van der Waals surface area contributed by atoms with E-state index in [9.17, 15) is 9.18 Å². The second-order valence-electron chi connectivity index (χ2n) is 6.86. The standard InChI is InChI=1S/C20H23FN2O2/c1-13(23-19(24)20(2,22)15-9-10-15)14-8-11-18(17(21)12-14)25-16-6-4-3-5-7-16/h3-8,11-13,15H,9-10,22H2,1-2H3,(H,23,24). The predicted molar refractivity (Wildman–Crippen MR) is 94.8 cm³/mol. The summed E-state index contributed by atoms with van der Waals surface area (Å²) in [6.45, 7) is 3.57. The smallest absolute Gasteiger partial charge is 0.240 e. The number of hydrogen-bond donors (Lipinski definition) is 2. The molecule has 0 bridgehead atoms. The molecule has 0 aliphatic heterocycles. The minimum atomic E-state index is -0.872. The predicted octanol–water partition coefficient (Wildman–Crippen LogP) is 3.92. The van der Waals surface area contributed by atoms with E-state index >= 15 is 0 Å². The molecule has 1 aliphatic carbocycles. The van der Waals surface area contributed by atoms with Gasteiger partial charge in [-0.15, -0.1) is 0 Å². The lowest BCUT2D eigenvalue weighted by Crippen LogP contribution is -2.53. The van der Waals surface area contributed by atoms with E-state index in [4.69, 9.17) is 10.5 Å². The summed E-state index contributed by atoms with van der Waals surface area (Å²) in [6, 6.07) is 13.4. The minimum absolute atomic E-state index is 0.148. The van der Waals surface area contributed by atoms with Crippen molar-refractivity contribution in [2.45, 2.75) is 38.3 Å². The third-order valence-electron chi connectivity index (χ3n) is 4.69. The van der Waals surface area contributed by atoms with Gasteiger partial charge in [0.1, 0.15) is 5.75 Å². The van der Waals surface area contributed by atoms with Crippen LogP contribution in [0.15, 0.2) is 48.5 Å². The van der Waals surface area contributed by atoms with Crippen LogP contribution in [0.4, 0.5) is 4.39 Å². The van der Waals surface area contributed by atoms with Gasteiger partial charge in [0, 0.05) is 0 Å². The fourth-order valence-electron chi connectivity index (χ4n) is 2.79. The summed E-state index contributed by atoms with van der Waals surface area (Å²) < 4.78 is 19.9. The molecule has 1 fully saturated rings. The van der Waals surface area contributed by atoms with E-state index in [1.54, 1.807) is 31.2 Å². The fraction of sp³-hybridized carbons (Fsp3) is 0.350. The van der Waals surface area contributed by atoms with E-state index in [1.165, 1.54) is 6.07 Å². The van der Waals surface area contributed by atoms with Crippen LogP contribution in [0.5, 0.6) is 11.5 Å². The SMILES string of the molecule is CC(NC(=O)C(C)(N)C1CC1)c1ccc(Oc2ccccc2)c(F)c1. The van der Waals surface area contributed by atoms with Gasteiger partial charge >= 0.3 is 0 Å². The number of benzene rings is 2. The topological polar surface area (TPSA) is 64.4 Å². The number of nitrogens with one attached hydrogen (secondary N) is 1. The maximum Gasteiger partial charge on any atom is 0.240 e. The van der Waals surface area contributed by atoms with Gasteiger partial charge in [0.2, 0.25) is 5.91 Å². The van der Waals surface area contributed by atoms with Crippen LogP contribution in [0.25, 0.3) is 0 Å². The highest BCUT2D eigenvalue weighted by Gasteiger charge is 2.44. The first-order valence-electron chi connectivity index (χ1n) is 8.50. The maximum atomic E-state index is 14.3. The van der Waals surface area contributed by atoms with Gasteiger partial charge in [-0.3, -0.25) is 4.79 Å². The third-order valence-corrected chi connectivity index (χ3v) is 4.69. The first kappa shape index (κ1) is 17.4. The molecule has 1 amide bonds. The van der Waals surface area contributed by atoms with Crippen LogP contribution < -0.4 is 15.8 Å². The molecule has 0 aromatic heterocycles. The third kappa shape index (κ3) is 3.99. The lowest BCUT2D eigenvalue weighted by Gasteiger charge is -2.26. The van der Waals surface area contributed by atoms with Crippen molar-refractivity contribution in [3.63, 3.8) is 0 Å². The van der Waals surface area contributed by atoms with Gasteiger partial charge < -0.3 is 15.8 Å². The molecule has 2 unspecified atom stereocenters. The molecule has 4 nitrogen and oxygen atoms in total. The van der Waals surface area contributed by atoms with Crippen LogP contribution >= 0.6 is 0 Å². The molecule has 3 rings (SSSR count). The molecule has 2 aromatic carbocycles. The Bertz CT molecular complexity index is 758. The van der Waals surface area contributed by atoms with E-state index in [0.717, 1.165) is 12.8 Å². The summed E-state index contributed by atoms with van der Waals surface area (Å²) in [7, 11) is 0. The molecule has 3 N–H and O–H groups in total. The molecule has 0 heterocycles. The molecular formula is C20H23FN2O2. The Morgan fingerprint density at radius 1 is 1.28 bits per heavy atom. The van der Waals surface area contributed by atoms with Crippen molar-refractivity contribution in [3.8, 4) is 11.5 Å². The zero-order valence-corrected chi connectivity index (χ0v) is 14.5. The number of amides is 1. The molecule has 0 radical (unpaired) electrons. The van der Waals surface area contributed by atoms with Crippen LogP contribution in [0.1, 0.15) is 38.3 Å². The van der Waals surface area contributed by atoms with Gasteiger partial charge in [-0.05, 0) is 62.4 Å². The molecule has 0 spiro atoms. The van der Waals surface area contributed by atoms with Crippen molar-refractivity contribution < 1.29 is 13.9 Å². The van der Waals surface area contributed by atoms with Crippen molar-refractivity contribution in [1.29, 1.82) is 0 Å². The van der Waals surface area contributed by atoms with Crippen LogP contribution in [0.2, 0.25) is 0 Å². The number of halogens is 1. The maximum absolute atomic E-state index is 14.3. The molecule has 2 aromatic rings. The molecular weight excluding hydrogens is 319 g/mol. The van der Waals surface area contributed by atoms with Gasteiger partial charge in [-0.2, -0.15) is 0 Å². The van der Waals surface area contributed by atoms with Gasteiger partial charge in [-0.1, -0.05) is 24.3 Å². The quantitative estimate of drug-likeness (QED) is 0.836. The highest BCUT2D eigenvalue weighted by Crippen LogP contribution is 2.38. The number of nitrogens with two attached hydrogens (primary N) is 1. The van der Waals surface area contributed by atoms with E-state index in [2.05, 4.69) is 5.32 Å². The number of para-hydroxylation sites is 1. The van der Waals surface area contributed by atoms with Crippen molar-refractivity contribution in [3.05, 3.63) is 59.9 Å². The monoisotopic (exact) mass is 342 g/mol. The summed E-state index contributed by atoms with van der Waals surface area (Å²) in [5, 5.41) is 2.88. The first-order chi connectivity index (χ1) is 11.9. The number of ether oxygens (including phenoxy) is 1. The van der Waals surface area contributed by atoms with Gasteiger partial charge in [0.25, 0.3) is 0 Å². The Kier molecular flexibility index (Phi) is 4.77. The zero-order valence-electron chi connectivity index (χ0n) is 14.5. The lowest BCUT2D eigenvalue weighted by molar-refractivity contribution is -0.127. The number of hydrogen-bond acceptors (Lipinski definition) is 3. The van der Waals surface area contributed by atoms with Crippen molar-refractivity contribution in [1.82, 2.24) is 5.32 Å². The minimum Gasteiger partial charge on any atom is -0.454 e. The van der Waals surface area contributed by atoms with Crippen LogP contribution in [0.3, 0.4) is 0 Å². The Labute approximate surface area is 147 Å². The first-order valence-corrected chi connectivity index (χ1v) is 8.50. The number of carbonyl (C=O) groups excluding carboxylic acids is 1. The Morgan fingerprint density at radius 3 is 2.56 bits per heavy atom. The zero-order chi connectivity index (χ0) is 18.0. The molecule has 2 atom stereocenters. The highest BCUT2D eigenvalue weighted by molar-refractivity contribution is 5.86. The van der Waals surface area contributed by atoms with Crippen LogP contribution in [0, 0.1) is 11.7 Å². The number of rotatable bonds is 6. The Balaban J connectivity index is 1.68. The lowest BCUT2D eigenvalue weighted by atomic mass is 9.95. The van der Waals surface area contributed by atoms with Gasteiger partial charge in [-0.25, -0.2) is 4.39 Å². The van der Waals surface area contributed by atoms with Gasteiger partial charge in [0.05, 0.1) is 11.6 Å². The molecule has 5 heteroatoms. The summed E-state index contributed by atoms with van der Waals surface area (Å²) in [5.74, 6) is 0.278. The van der Waals surface area contributed by atoms with Gasteiger partial charge in [0.15, 0.2) is 11.6 Å². The molecule has 25 heavy (non-hydrogen) atoms. The summed E-state index contributed by atoms with van der Waals surface area (Å²) in [4.78, 5) is 12.4. The fourth-order valence-corrected chi connectivity index (χ4v) is 2.79. The highest BCUT2D eigenvalue weighted by atomic mass is 19.1. The second kappa shape index (κ2) is 6.84. The Hall–Kier alpha value is -2.40. The van der Waals surface area contributed by atoms with Crippen molar-refractivity contribution in [2.75, 3.05) is 0 Å². The summed E-state index contributed by atoms with van der Waals surface area (Å²) in [6.07, 6.45) is 1.96. The average molecular weight is 342 g/mol. The van der Waals surface area contributed by atoms with E-state index < -0.39 is 11.4 Å². The number of carbonyl (C=O) groups is 1. The van der Waals surface area contributed by atoms with Crippen molar-refractivity contribution in [2.24, 2.45) is 11.7 Å². The van der Waals surface area contributed by atoms with Crippen LogP contribution in [-0.4, -0.2) is 11.4 Å². The summed E-state index contributed by atoms with van der Waals surface area (Å²) in [5.41, 5.74) is 5.92. The van der Waals surface area contributed by atoms with E-state index in [0.29, 0.717) is 11.3 Å². The normalized spacial score (nSPS) is 17.4.